The molecule has 0 atom stereocenters. The first-order valence-electron chi connectivity index (χ1n) is 6.05. The van der Waals surface area contributed by atoms with Crippen molar-refractivity contribution in [2.24, 2.45) is 0 Å². The molecule has 2 rings (SSSR count). The summed E-state index contributed by atoms with van der Waals surface area (Å²) in [7, 11) is 1.76. The van der Waals surface area contributed by atoms with Gasteiger partial charge in [0.05, 0.1) is 6.61 Å². The molecule has 16 heavy (non-hydrogen) atoms. The van der Waals surface area contributed by atoms with Crippen molar-refractivity contribution in [3.05, 3.63) is 29.8 Å². The molecule has 1 aliphatic rings. The first-order valence-corrected chi connectivity index (χ1v) is 6.05. The minimum Gasteiger partial charge on any atom is -0.508 e. The number of ether oxygens (including phenoxy) is 1. The van der Waals surface area contributed by atoms with Gasteiger partial charge in [-0.1, -0.05) is 31.4 Å². The summed E-state index contributed by atoms with van der Waals surface area (Å²) in [6.45, 7) is 0.760. The average molecular weight is 220 g/mol. The number of methoxy groups -OCH3 is 1. The fourth-order valence-electron chi connectivity index (χ4n) is 2.86. The molecule has 0 radical (unpaired) electrons. The monoisotopic (exact) mass is 220 g/mol. The van der Waals surface area contributed by atoms with Gasteiger partial charge in [0.1, 0.15) is 5.75 Å². The summed E-state index contributed by atoms with van der Waals surface area (Å²) >= 11 is 0. The third kappa shape index (κ3) is 2.22. The van der Waals surface area contributed by atoms with E-state index in [2.05, 4.69) is 6.07 Å². The zero-order valence-electron chi connectivity index (χ0n) is 9.91. The van der Waals surface area contributed by atoms with Gasteiger partial charge in [0.15, 0.2) is 0 Å². The molecule has 1 N–H and O–H groups in total. The molecule has 0 unspecified atom stereocenters. The number of phenols is 1. The van der Waals surface area contributed by atoms with Crippen LogP contribution in [-0.2, 0) is 10.2 Å². The Balaban J connectivity index is 2.30. The predicted molar refractivity (Wildman–Crippen MR) is 64.7 cm³/mol. The number of phenolic OH excluding ortho intramolecular Hbond substituents is 1. The first kappa shape index (κ1) is 11.5. The van der Waals surface area contributed by atoms with E-state index in [0.717, 1.165) is 6.61 Å². The van der Waals surface area contributed by atoms with Gasteiger partial charge in [0.2, 0.25) is 0 Å². The van der Waals surface area contributed by atoms with Gasteiger partial charge in [-0.3, -0.25) is 0 Å². The van der Waals surface area contributed by atoms with E-state index < -0.39 is 0 Å². The molecular formula is C14H20O2. The first-order chi connectivity index (χ1) is 7.77. The normalized spacial score (nSPS) is 19.6. The second-order valence-corrected chi connectivity index (χ2v) is 4.82. The van der Waals surface area contributed by atoms with Gasteiger partial charge in [-0.2, -0.15) is 0 Å². The zero-order valence-corrected chi connectivity index (χ0v) is 9.91. The van der Waals surface area contributed by atoms with Gasteiger partial charge in [0.25, 0.3) is 0 Å². The molecule has 2 nitrogen and oxygen atoms in total. The van der Waals surface area contributed by atoms with Crippen molar-refractivity contribution in [1.82, 2.24) is 0 Å². The molecule has 0 aliphatic heterocycles. The van der Waals surface area contributed by atoms with Crippen molar-refractivity contribution >= 4 is 0 Å². The number of benzene rings is 1. The minimum absolute atomic E-state index is 0.131. The topological polar surface area (TPSA) is 29.5 Å². The summed E-state index contributed by atoms with van der Waals surface area (Å²) in [6.07, 6.45) is 6.19. The zero-order chi connectivity index (χ0) is 11.4. The van der Waals surface area contributed by atoms with Crippen molar-refractivity contribution in [2.45, 2.75) is 37.5 Å². The molecule has 1 aromatic rings. The standard InChI is InChI=1S/C14H20O2/c1-16-11-14(8-3-2-4-9-14)12-6-5-7-13(15)10-12/h5-7,10,15H,2-4,8-9,11H2,1H3. The van der Waals surface area contributed by atoms with Crippen LogP contribution in [0.25, 0.3) is 0 Å². The molecule has 0 aromatic heterocycles. The minimum atomic E-state index is 0.131. The molecule has 1 fully saturated rings. The fraction of sp³-hybridized carbons (Fsp3) is 0.571. The Hall–Kier alpha value is -1.02. The third-order valence-corrected chi connectivity index (χ3v) is 3.69. The highest BCUT2D eigenvalue weighted by atomic mass is 16.5. The summed E-state index contributed by atoms with van der Waals surface area (Å²) in [4.78, 5) is 0. The maximum Gasteiger partial charge on any atom is 0.115 e. The summed E-state index contributed by atoms with van der Waals surface area (Å²) in [5.74, 6) is 0.360. The van der Waals surface area contributed by atoms with Crippen LogP contribution in [-0.4, -0.2) is 18.8 Å². The molecule has 0 spiro atoms. The quantitative estimate of drug-likeness (QED) is 0.847. The molecule has 1 aromatic carbocycles. The number of aromatic hydroxyl groups is 1. The van der Waals surface area contributed by atoms with Crippen molar-refractivity contribution < 1.29 is 9.84 Å². The Morgan fingerprint density at radius 1 is 1.25 bits per heavy atom. The van der Waals surface area contributed by atoms with Crippen LogP contribution < -0.4 is 0 Å². The van der Waals surface area contributed by atoms with E-state index in [1.165, 1.54) is 37.7 Å². The van der Waals surface area contributed by atoms with Gasteiger partial charge < -0.3 is 9.84 Å². The van der Waals surface area contributed by atoms with Gasteiger partial charge in [0, 0.05) is 12.5 Å². The molecule has 88 valence electrons. The van der Waals surface area contributed by atoms with E-state index in [1.807, 2.05) is 12.1 Å². The largest absolute Gasteiger partial charge is 0.508 e. The van der Waals surface area contributed by atoms with E-state index in [4.69, 9.17) is 4.74 Å². The van der Waals surface area contributed by atoms with Crippen LogP contribution in [0.15, 0.2) is 24.3 Å². The molecule has 0 saturated heterocycles. The molecule has 2 heteroatoms. The second kappa shape index (κ2) is 4.88. The fourth-order valence-corrected chi connectivity index (χ4v) is 2.86. The highest BCUT2D eigenvalue weighted by Gasteiger charge is 2.33. The van der Waals surface area contributed by atoms with Crippen LogP contribution >= 0.6 is 0 Å². The summed E-state index contributed by atoms with van der Waals surface area (Å²) in [5.41, 5.74) is 1.36. The predicted octanol–water partition coefficient (Wildman–Crippen LogP) is 3.24. The Morgan fingerprint density at radius 3 is 2.62 bits per heavy atom. The summed E-state index contributed by atoms with van der Waals surface area (Å²) in [5, 5.41) is 9.59. The summed E-state index contributed by atoms with van der Waals surface area (Å²) in [6, 6.07) is 7.66. The maximum atomic E-state index is 9.59. The summed E-state index contributed by atoms with van der Waals surface area (Å²) < 4.78 is 5.40. The number of hydrogen-bond acceptors (Lipinski definition) is 2. The van der Waals surface area contributed by atoms with Crippen LogP contribution in [0.2, 0.25) is 0 Å². The Morgan fingerprint density at radius 2 is 2.00 bits per heavy atom. The van der Waals surface area contributed by atoms with Crippen molar-refractivity contribution in [3.8, 4) is 5.75 Å². The lowest BCUT2D eigenvalue weighted by molar-refractivity contribution is 0.103. The van der Waals surface area contributed by atoms with E-state index in [0.29, 0.717) is 5.75 Å². The highest BCUT2D eigenvalue weighted by molar-refractivity contribution is 5.33. The molecule has 1 aliphatic carbocycles. The molecule has 1 saturated carbocycles. The van der Waals surface area contributed by atoms with Crippen molar-refractivity contribution in [1.29, 1.82) is 0 Å². The van der Waals surface area contributed by atoms with Gasteiger partial charge in [-0.15, -0.1) is 0 Å². The van der Waals surface area contributed by atoms with E-state index >= 15 is 0 Å². The van der Waals surface area contributed by atoms with Crippen LogP contribution in [0, 0.1) is 0 Å². The Bertz CT molecular complexity index is 335. The lowest BCUT2D eigenvalue weighted by Crippen LogP contribution is -2.33. The van der Waals surface area contributed by atoms with Crippen LogP contribution in [0.1, 0.15) is 37.7 Å². The van der Waals surface area contributed by atoms with Crippen LogP contribution in [0.4, 0.5) is 0 Å². The third-order valence-electron chi connectivity index (χ3n) is 3.69. The van der Waals surface area contributed by atoms with E-state index in [9.17, 15) is 5.11 Å². The molecule has 0 amide bonds. The van der Waals surface area contributed by atoms with E-state index in [1.54, 1.807) is 13.2 Å². The average Bonchev–Trinajstić information content (AvgIpc) is 2.31. The van der Waals surface area contributed by atoms with Crippen LogP contribution in [0.5, 0.6) is 5.75 Å². The highest BCUT2D eigenvalue weighted by Crippen LogP contribution is 2.40. The molecular weight excluding hydrogens is 200 g/mol. The Labute approximate surface area is 97.3 Å². The van der Waals surface area contributed by atoms with Gasteiger partial charge in [-0.05, 0) is 30.5 Å². The lowest BCUT2D eigenvalue weighted by atomic mass is 9.70. The molecule has 0 heterocycles. The lowest BCUT2D eigenvalue weighted by Gasteiger charge is -2.37. The maximum absolute atomic E-state index is 9.59. The van der Waals surface area contributed by atoms with Gasteiger partial charge >= 0.3 is 0 Å². The van der Waals surface area contributed by atoms with Crippen molar-refractivity contribution in [2.75, 3.05) is 13.7 Å². The van der Waals surface area contributed by atoms with Crippen molar-refractivity contribution in [3.63, 3.8) is 0 Å². The smallest absolute Gasteiger partial charge is 0.115 e. The second-order valence-electron chi connectivity index (χ2n) is 4.82. The van der Waals surface area contributed by atoms with Crippen LogP contribution in [0.3, 0.4) is 0 Å². The SMILES string of the molecule is COCC1(c2cccc(O)c2)CCCCC1. The van der Waals surface area contributed by atoms with E-state index in [-0.39, 0.29) is 5.41 Å². The van der Waals surface area contributed by atoms with Gasteiger partial charge in [-0.25, -0.2) is 0 Å². The Kier molecular flexibility index (Phi) is 3.49. The number of hydrogen-bond donors (Lipinski definition) is 1. The number of rotatable bonds is 3. The molecule has 0 bridgehead atoms.